The molecule has 3 aliphatic rings. The molecule has 0 bridgehead atoms. The van der Waals surface area contributed by atoms with E-state index < -0.39 is 35.3 Å². The van der Waals surface area contributed by atoms with E-state index in [1.54, 1.807) is 30.6 Å². The highest BCUT2D eigenvalue weighted by Gasteiger charge is 2.40. The molecule has 0 radical (unpaired) electrons. The van der Waals surface area contributed by atoms with Crippen LogP contribution in [0.1, 0.15) is 56.0 Å². The lowest BCUT2D eigenvalue weighted by molar-refractivity contribution is 0.0500. The molecule has 2 unspecified atom stereocenters. The van der Waals surface area contributed by atoms with Crippen LogP contribution in [0.3, 0.4) is 0 Å². The van der Waals surface area contributed by atoms with Crippen LogP contribution in [0.15, 0.2) is 78.2 Å². The fourth-order valence-corrected chi connectivity index (χ4v) is 6.11. The minimum absolute atomic E-state index is 0.119. The average molecular weight is 621 g/mol. The monoisotopic (exact) mass is 620 g/mol. The van der Waals surface area contributed by atoms with Gasteiger partial charge in [0.25, 0.3) is 5.91 Å². The highest BCUT2D eigenvalue weighted by molar-refractivity contribution is 5.93. The lowest BCUT2D eigenvalue weighted by Gasteiger charge is -2.36. The van der Waals surface area contributed by atoms with Gasteiger partial charge in [-0.2, -0.15) is 0 Å². The molecule has 9 nitrogen and oxygen atoms in total. The molecule has 2 atom stereocenters. The first-order valence-corrected chi connectivity index (χ1v) is 15.5. The first-order valence-electron chi connectivity index (χ1n) is 15.5. The van der Waals surface area contributed by atoms with E-state index in [4.69, 9.17) is 4.74 Å². The highest BCUT2D eigenvalue weighted by Crippen LogP contribution is 2.34. The zero-order valence-corrected chi connectivity index (χ0v) is 26.4. The summed E-state index contributed by atoms with van der Waals surface area (Å²) < 4.78 is 34.9. The molecule has 5 rings (SSSR count). The number of carbonyl (C=O) groups is 2. The standard InChI is InChI=1S/C34H42F2N6O3/c1-34(2,3)45-33(44)39-30-22-42(21-28(30)27-17-25(35)11-8-12-29(27)36)32-37-18-24(19-38-32)31(43)40(4)26-13-15-41(16-14-26)20-23-9-6-5-7-10-23/h5-7,9-12,17-19,26,28,30H,8,13-16,20-22H2,1-4H3,(H,39,44). The van der Waals surface area contributed by atoms with Crippen molar-refractivity contribution in [2.24, 2.45) is 5.92 Å². The molecular formula is C34H42F2N6O3. The number of likely N-dealkylation sites (tertiary alicyclic amines) is 1. The van der Waals surface area contributed by atoms with Crippen LogP contribution in [0.4, 0.5) is 19.5 Å². The van der Waals surface area contributed by atoms with Gasteiger partial charge in [0.15, 0.2) is 0 Å². The lowest BCUT2D eigenvalue weighted by Crippen LogP contribution is -2.45. The van der Waals surface area contributed by atoms with Gasteiger partial charge in [-0.1, -0.05) is 30.3 Å². The second-order valence-corrected chi connectivity index (χ2v) is 12.9. The molecular weight excluding hydrogens is 578 g/mol. The summed E-state index contributed by atoms with van der Waals surface area (Å²) in [6.07, 6.45) is 8.07. The van der Waals surface area contributed by atoms with Gasteiger partial charge in [-0.15, -0.1) is 0 Å². The van der Waals surface area contributed by atoms with Crippen molar-refractivity contribution >= 4 is 17.9 Å². The Balaban J connectivity index is 1.24. The van der Waals surface area contributed by atoms with E-state index in [9.17, 15) is 14.0 Å². The van der Waals surface area contributed by atoms with Crippen LogP contribution in [0.2, 0.25) is 0 Å². The average Bonchev–Trinajstić information content (AvgIpc) is 3.33. The van der Waals surface area contributed by atoms with Crippen molar-refractivity contribution in [2.45, 2.75) is 64.3 Å². The number of allylic oxidation sites excluding steroid dienone is 5. The highest BCUT2D eigenvalue weighted by atomic mass is 19.1. The molecule has 1 aromatic heterocycles. The van der Waals surface area contributed by atoms with Crippen LogP contribution >= 0.6 is 0 Å². The number of halogens is 2. The fourth-order valence-electron chi connectivity index (χ4n) is 6.11. The molecule has 1 N–H and O–H groups in total. The number of anilines is 1. The lowest BCUT2D eigenvalue weighted by atomic mass is 9.92. The predicted molar refractivity (Wildman–Crippen MR) is 169 cm³/mol. The topological polar surface area (TPSA) is 90.9 Å². The minimum atomic E-state index is -0.725. The second kappa shape index (κ2) is 13.9. The van der Waals surface area contributed by atoms with Crippen LogP contribution in [0, 0.1) is 5.92 Å². The number of nitrogens with zero attached hydrogens (tertiary/aromatic N) is 5. The van der Waals surface area contributed by atoms with E-state index in [-0.39, 0.29) is 37.0 Å². The number of amides is 2. The van der Waals surface area contributed by atoms with Gasteiger partial charge < -0.3 is 19.9 Å². The van der Waals surface area contributed by atoms with Crippen LogP contribution in [-0.4, -0.2) is 82.7 Å². The number of hydrogen-bond donors (Lipinski definition) is 1. The molecule has 3 heterocycles. The zero-order valence-electron chi connectivity index (χ0n) is 26.4. The maximum Gasteiger partial charge on any atom is 0.407 e. The summed E-state index contributed by atoms with van der Waals surface area (Å²) in [5.41, 5.74) is 1.09. The molecule has 11 heteroatoms. The Morgan fingerprint density at radius 2 is 1.73 bits per heavy atom. The Morgan fingerprint density at radius 1 is 1.04 bits per heavy atom. The Morgan fingerprint density at radius 3 is 2.40 bits per heavy atom. The maximum atomic E-state index is 15.1. The second-order valence-electron chi connectivity index (χ2n) is 12.9. The number of rotatable bonds is 7. The molecule has 2 aliphatic heterocycles. The molecule has 2 amide bonds. The molecule has 45 heavy (non-hydrogen) atoms. The van der Waals surface area contributed by atoms with Crippen LogP contribution in [0.5, 0.6) is 0 Å². The molecule has 0 spiro atoms. The third kappa shape index (κ3) is 8.33. The molecule has 1 aromatic carbocycles. The van der Waals surface area contributed by atoms with Crippen LogP contribution < -0.4 is 10.2 Å². The molecule has 2 saturated heterocycles. The van der Waals surface area contributed by atoms with E-state index in [1.807, 2.05) is 13.1 Å². The van der Waals surface area contributed by atoms with Crippen molar-refractivity contribution in [2.75, 3.05) is 38.1 Å². The van der Waals surface area contributed by atoms with Gasteiger partial charge in [0.1, 0.15) is 17.3 Å². The molecule has 0 saturated carbocycles. The summed E-state index contributed by atoms with van der Waals surface area (Å²) >= 11 is 0. The third-order valence-corrected chi connectivity index (χ3v) is 8.44. The number of carbonyl (C=O) groups excluding carboxylic acids is 2. The summed E-state index contributed by atoms with van der Waals surface area (Å²) in [5.74, 6) is -1.47. The van der Waals surface area contributed by atoms with Crippen molar-refractivity contribution in [1.29, 1.82) is 0 Å². The number of benzene rings is 1. The molecule has 1 aliphatic carbocycles. The first-order chi connectivity index (χ1) is 21.5. The maximum absolute atomic E-state index is 15.1. The summed E-state index contributed by atoms with van der Waals surface area (Å²) in [6, 6.07) is 9.90. The van der Waals surface area contributed by atoms with Crippen LogP contribution in [0.25, 0.3) is 0 Å². The van der Waals surface area contributed by atoms with E-state index in [0.717, 1.165) is 32.5 Å². The van der Waals surface area contributed by atoms with Crippen molar-refractivity contribution < 1.29 is 23.1 Å². The number of alkyl carbamates (subject to hydrolysis) is 1. The van der Waals surface area contributed by atoms with Crippen LogP contribution in [-0.2, 0) is 11.3 Å². The van der Waals surface area contributed by atoms with E-state index in [0.29, 0.717) is 11.5 Å². The van der Waals surface area contributed by atoms with Gasteiger partial charge in [-0.3, -0.25) is 9.69 Å². The van der Waals surface area contributed by atoms with Gasteiger partial charge >= 0.3 is 6.09 Å². The number of hydrogen-bond acceptors (Lipinski definition) is 7. The normalized spacial score (nSPS) is 21.4. The van der Waals surface area contributed by atoms with E-state index in [1.165, 1.54) is 36.2 Å². The summed E-state index contributed by atoms with van der Waals surface area (Å²) in [5, 5.41) is 2.84. The SMILES string of the molecule is CN(C(=O)c1cnc(N2CC(NC(=O)OC(C)(C)C)C(C3=CC(F)=CCC=C3F)C2)nc1)C1CCN(Cc2ccccc2)CC1. The summed E-state index contributed by atoms with van der Waals surface area (Å²) in [4.78, 5) is 41.0. The van der Waals surface area contributed by atoms with Crippen molar-refractivity contribution in [3.8, 4) is 0 Å². The first kappa shape index (κ1) is 32.3. The van der Waals surface area contributed by atoms with Crippen molar-refractivity contribution in [1.82, 2.24) is 25.1 Å². The van der Waals surface area contributed by atoms with Gasteiger partial charge in [0.05, 0.1) is 11.6 Å². The third-order valence-electron chi connectivity index (χ3n) is 8.44. The molecule has 2 aromatic rings. The molecule has 2 fully saturated rings. The van der Waals surface area contributed by atoms with E-state index >= 15 is 4.39 Å². The summed E-state index contributed by atoms with van der Waals surface area (Å²) in [7, 11) is 1.82. The van der Waals surface area contributed by atoms with E-state index in [2.05, 4.69) is 44.5 Å². The minimum Gasteiger partial charge on any atom is -0.444 e. The predicted octanol–water partition coefficient (Wildman–Crippen LogP) is 5.58. The number of piperidine rings is 1. The van der Waals surface area contributed by atoms with Crippen molar-refractivity contribution in [3.05, 3.63) is 89.3 Å². The van der Waals surface area contributed by atoms with Gasteiger partial charge in [0.2, 0.25) is 5.95 Å². The van der Waals surface area contributed by atoms with Gasteiger partial charge in [-0.05, 0) is 69.4 Å². The summed E-state index contributed by atoms with van der Waals surface area (Å²) in [6.45, 7) is 8.46. The Bertz CT molecular complexity index is 1450. The Kier molecular flexibility index (Phi) is 9.96. The van der Waals surface area contributed by atoms with Gasteiger partial charge in [-0.25, -0.2) is 23.5 Å². The molecule has 240 valence electrons. The Hall–Kier alpha value is -4.12. The quantitative estimate of drug-likeness (QED) is 0.432. The zero-order chi connectivity index (χ0) is 32.1. The van der Waals surface area contributed by atoms with Crippen molar-refractivity contribution in [3.63, 3.8) is 0 Å². The Labute approximate surface area is 263 Å². The number of aromatic nitrogens is 2. The number of ether oxygens (including phenoxy) is 1. The smallest absolute Gasteiger partial charge is 0.407 e. The fraction of sp³-hybridized carbons (Fsp3) is 0.471. The van der Waals surface area contributed by atoms with Gasteiger partial charge in [0, 0.05) is 64.1 Å². The number of nitrogens with one attached hydrogen (secondary N) is 1. The largest absolute Gasteiger partial charge is 0.444 e.